The van der Waals surface area contributed by atoms with E-state index in [1.54, 1.807) is 13.8 Å². The molecule has 0 unspecified atom stereocenters. The topological polar surface area (TPSA) is 55.8 Å². The van der Waals surface area contributed by atoms with Crippen LogP contribution < -0.4 is 0 Å². The first-order valence-corrected chi connectivity index (χ1v) is 4.23. The lowest BCUT2D eigenvalue weighted by atomic mass is 10.9. The van der Waals surface area contributed by atoms with E-state index in [4.69, 9.17) is 4.89 Å². The van der Waals surface area contributed by atoms with Crippen molar-refractivity contribution in [2.24, 2.45) is 0 Å². The van der Waals surface area contributed by atoms with Crippen molar-refractivity contribution in [1.29, 1.82) is 0 Å². The molecule has 0 aromatic carbocycles. The summed E-state index contributed by atoms with van der Waals surface area (Å²) in [6.45, 7) is 3.63. The molecule has 0 amide bonds. The van der Waals surface area contributed by atoms with E-state index in [0.717, 1.165) is 0 Å². The zero-order chi connectivity index (χ0) is 7.33. The molecule has 0 heterocycles. The average molecular weight is 235 g/mol. The number of phosphoric acid groups is 1. The zero-order valence-corrected chi connectivity index (χ0v) is 8.55. The van der Waals surface area contributed by atoms with Crippen LogP contribution in [-0.2, 0) is 13.6 Å². The summed E-state index contributed by atoms with van der Waals surface area (Å²) in [5, 5.41) is 0. The number of phosphoric ester groups is 1. The highest BCUT2D eigenvalue weighted by Gasteiger charge is 2.17. The summed E-state index contributed by atoms with van der Waals surface area (Å²) in [7, 11) is -3.69. The molecule has 0 aliphatic rings. The van der Waals surface area contributed by atoms with Gasteiger partial charge in [0, 0.05) is 0 Å². The van der Waals surface area contributed by atoms with Gasteiger partial charge in [-0.2, -0.15) is 0 Å². The van der Waals surface area contributed by atoms with E-state index in [9.17, 15) is 4.57 Å². The van der Waals surface area contributed by atoms with E-state index < -0.39 is 7.82 Å². The average Bonchev–Trinajstić information content (AvgIpc) is 1.64. The van der Waals surface area contributed by atoms with E-state index in [2.05, 4.69) is 9.05 Å². The lowest BCUT2D eigenvalue weighted by Crippen LogP contribution is -1.93. The van der Waals surface area contributed by atoms with E-state index in [-0.39, 0.29) is 30.2 Å². The van der Waals surface area contributed by atoms with Crippen LogP contribution in [0.15, 0.2) is 0 Å². The van der Waals surface area contributed by atoms with Gasteiger partial charge in [-0.25, -0.2) is 4.57 Å². The molecule has 64 valence electrons. The van der Waals surface area contributed by atoms with Gasteiger partial charge in [-0.15, -0.1) is 17.0 Å². The van der Waals surface area contributed by atoms with Crippen molar-refractivity contribution in [3.63, 3.8) is 0 Å². The Bertz CT molecular complexity index is 108. The van der Waals surface area contributed by atoms with Crippen molar-refractivity contribution in [2.45, 2.75) is 13.8 Å². The van der Waals surface area contributed by atoms with Gasteiger partial charge in [0.2, 0.25) is 0 Å². The molecule has 0 fully saturated rings. The predicted octanol–water partition coefficient (Wildman–Crippen LogP) is 1.74. The minimum atomic E-state index is -3.69. The van der Waals surface area contributed by atoms with Crippen molar-refractivity contribution in [1.82, 2.24) is 0 Å². The van der Waals surface area contributed by atoms with Gasteiger partial charge in [-0.3, -0.25) is 9.05 Å². The van der Waals surface area contributed by atoms with Crippen LogP contribution in [0.5, 0.6) is 0 Å². The Morgan fingerprint density at radius 1 is 1.30 bits per heavy atom. The summed E-state index contributed by atoms with van der Waals surface area (Å²) < 4.78 is 19.2. The number of halogens is 1. The second-order valence-corrected chi connectivity index (χ2v) is 2.76. The third-order valence-electron chi connectivity index (χ3n) is 0.584. The summed E-state index contributed by atoms with van der Waals surface area (Å²) in [6, 6.07) is 0. The molecular formula is C4H12BrO4P. The fourth-order valence-corrected chi connectivity index (χ4v) is 1.09. The largest absolute Gasteiger partial charge is 0.472 e. The molecule has 0 saturated carbocycles. The number of hydrogen-bond acceptors (Lipinski definition) is 3. The second kappa shape index (κ2) is 6.31. The van der Waals surface area contributed by atoms with Crippen LogP contribution in [0.1, 0.15) is 13.8 Å². The Labute approximate surface area is 70.9 Å². The summed E-state index contributed by atoms with van der Waals surface area (Å²) >= 11 is 0. The van der Waals surface area contributed by atoms with E-state index in [1.807, 2.05) is 0 Å². The Hall–Kier alpha value is 0.590. The zero-order valence-electron chi connectivity index (χ0n) is 5.94. The van der Waals surface area contributed by atoms with E-state index >= 15 is 0 Å². The van der Waals surface area contributed by atoms with Crippen molar-refractivity contribution in [3.8, 4) is 0 Å². The van der Waals surface area contributed by atoms with E-state index in [0.29, 0.717) is 0 Å². The molecule has 0 atom stereocenters. The molecule has 6 heteroatoms. The molecular weight excluding hydrogens is 223 g/mol. The van der Waals surface area contributed by atoms with Crippen LogP contribution in [0.4, 0.5) is 0 Å². The molecule has 10 heavy (non-hydrogen) atoms. The summed E-state index contributed by atoms with van der Waals surface area (Å²) in [4.78, 5) is 8.63. The third-order valence-corrected chi connectivity index (χ3v) is 1.75. The smallest absolute Gasteiger partial charge is 0.302 e. The van der Waals surface area contributed by atoms with Gasteiger partial charge in [0.15, 0.2) is 0 Å². The van der Waals surface area contributed by atoms with Crippen molar-refractivity contribution in [2.75, 3.05) is 13.2 Å². The summed E-state index contributed by atoms with van der Waals surface area (Å²) in [5.74, 6) is 0. The molecule has 0 aromatic heterocycles. The van der Waals surface area contributed by atoms with Gasteiger partial charge in [0.1, 0.15) is 0 Å². The minimum Gasteiger partial charge on any atom is -0.302 e. The van der Waals surface area contributed by atoms with Gasteiger partial charge < -0.3 is 4.89 Å². The van der Waals surface area contributed by atoms with Crippen LogP contribution in [-0.4, -0.2) is 18.1 Å². The fraction of sp³-hybridized carbons (Fsp3) is 1.00. The monoisotopic (exact) mass is 234 g/mol. The first-order chi connectivity index (χ1) is 4.12. The summed E-state index contributed by atoms with van der Waals surface area (Å²) in [5.41, 5.74) is 0. The quantitative estimate of drug-likeness (QED) is 0.754. The molecule has 0 saturated heterocycles. The SMILES string of the molecule is Br.CCOP(=O)(O)OCC. The van der Waals surface area contributed by atoms with Gasteiger partial charge in [0.05, 0.1) is 13.2 Å². The molecule has 0 spiro atoms. The predicted molar refractivity (Wildman–Crippen MR) is 43.4 cm³/mol. The molecule has 4 nitrogen and oxygen atoms in total. The van der Waals surface area contributed by atoms with Crippen LogP contribution in [0.2, 0.25) is 0 Å². The molecule has 0 aliphatic carbocycles. The van der Waals surface area contributed by atoms with E-state index in [1.165, 1.54) is 0 Å². The third kappa shape index (κ3) is 6.71. The highest BCUT2D eigenvalue weighted by molar-refractivity contribution is 8.93. The van der Waals surface area contributed by atoms with Crippen molar-refractivity contribution >= 4 is 24.8 Å². The van der Waals surface area contributed by atoms with Crippen LogP contribution in [0, 0.1) is 0 Å². The molecule has 0 rings (SSSR count). The normalized spacial score (nSPS) is 10.7. The molecule has 0 bridgehead atoms. The maximum atomic E-state index is 10.5. The maximum absolute atomic E-state index is 10.5. The van der Waals surface area contributed by atoms with Gasteiger partial charge in [0.25, 0.3) is 0 Å². The Morgan fingerprint density at radius 2 is 1.60 bits per heavy atom. The maximum Gasteiger partial charge on any atom is 0.472 e. The number of hydrogen-bond donors (Lipinski definition) is 1. The van der Waals surface area contributed by atoms with Crippen molar-refractivity contribution < 1.29 is 18.5 Å². The van der Waals surface area contributed by atoms with Crippen LogP contribution in [0.25, 0.3) is 0 Å². The lowest BCUT2D eigenvalue weighted by Gasteiger charge is -2.07. The first kappa shape index (κ1) is 13.2. The van der Waals surface area contributed by atoms with Crippen molar-refractivity contribution in [3.05, 3.63) is 0 Å². The molecule has 1 N–H and O–H groups in total. The van der Waals surface area contributed by atoms with Crippen LogP contribution >= 0.6 is 24.8 Å². The van der Waals surface area contributed by atoms with Gasteiger partial charge >= 0.3 is 7.82 Å². The minimum absolute atomic E-state index is 0. The Balaban J connectivity index is 0. The first-order valence-electron chi connectivity index (χ1n) is 2.74. The Kier molecular flexibility index (Phi) is 8.33. The standard InChI is InChI=1S/C4H11O4P.BrH/c1-3-7-9(5,6)8-4-2;/h3-4H2,1-2H3,(H,5,6);1H. The summed E-state index contributed by atoms with van der Waals surface area (Å²) in [6.07, 6.45) is 0. The molecule has 0 aromatic rings. The number of rotatable bonds is 4. The highest BCUT2D eigenvalue weighted by Crippen LogP contribution is 2.42. The second-order valence-electron chi connectivity index (χ2n) is 1.30. The highest BCUT2D eigenvalue weighted by atomic mass is 79.9. The van der Waals surface area contributed by atoms with Gasteiger partial charge in [-0.05, 0) is 13.8 Å². The Morgan fingerprint density at radius 3 is 1.80 bits per heavy atom. The lowest BCUT2D eigenvalue weighted by molar-refractivity contribution is 0.161. The van der Waals surface area contributed by atoms with Crippen LogP contribution in [0.3, 0.4) is 0 Å². The molecule has 0 aliphatic heterocycles. The fourth-order valence-electron chi connectivity index (χ4n) is 0.364. The van der Waals surface area contributed by atoms with Gasteiger partial charge in [-0.1, -0.05) is 0 Å². The molecule has 0 radical (unpaired) electrons.